The summed E-state index contributed by atoms with van der Waals surface area (Å²) in [5.41, 5.74) is 1.40. The van der Waals surface area contributed by atoms with Gasteiger partial charge in [-0.05, 0) is 50.2 Å². The Labute approximate surface area is 119 Å². The van der Waals surface area contributed by atoms with Gasteiger partial charge >= 0.3 is 0 Å². The van der Waals surface area contributed by atoms with E-state index in [9.17, 15) is 13.5 Å². The molecule has 19 heavy (non-hydrogen) atoms. The second-order valence-electron chi connectivity index (χ2n) is 5.45. The summed E-state index contributed by atoms with van der Waals surface area (Å²) in [5.74, 6) is 0.162. The predicted molar refractivity (Wildman–Crippen MR) is 79.5 cm³/mol. The van der Waals surface area contributed by atoms with Gasteiger partial charge in [-0.2, -0.15) is 0 Å². The average molecular weight is 302 g/mol. The Balaban J connectivity index is 1.94. The summed E-state index contributed by atoms with van der Waals surface area (Å²) in [4.78, 5) is 2.44. The van der Waals surface area contributed by atoms with Crippen molar-refractivity contribution in [3.05, 3.63) is 21.4 Å². The number of hydrogen-bond acceptors (Lipinski definition) is 4. The molecule has 1 N–H and O–H groups in total. The van der Waals surface area contributed by atoms with Crippen LogP contribution in [0.2, 0.25) is 0 Å². The highest BCUT2D eigenvalue weighted by Gasteiger charge is 2.17. The summed E-state index contributed by atoms with van der Waals surface area (Å²) in [6, 6.07) is 2.14. The number of sulfone groups is 1. The topological polar surface area (TPSA) is 54.4 Å². The average Bonchev–Trinajstić information content (AvgIpc) is 2.59. The van der Waals surface area contributed by atoms with Crippen molar-refractivity contribution in [2.24, 2.45) is 0 Å². The highest BCUT2D eigenvalue weighted by atomic mass is 32.2. The molecule has 0 saturated carbocycles. The van der Waals surface area contributed by atoms with Crippen LogP contribution in [0.1, 0.15) is 53.5 Å². The molecule has 1 atom stereocenters. The van der Waals surface area contributed by atoms with E-state index in [-0.39, 0.29) is 5.75 Å². The highest BCUT2D eigenvalue weighted by Crippen LogP contribution is 2.33. The minimum Gasteiger partial charge on any atom is -0.388 e. The first-order chi connectivity index (χ1) is 8.96. The number of aryl methyl sites for hydroxylation is 2. The summed E-state index contributed by atoms with van der Waals surface area (Å²) in [7, 11) is -2.92. The summed E-state index contributed by atoms with van der Waals surface area (Å²) in [6.45, 7) is 0. The highest BCUT2D eigenvalue weighted by molar-refractivity contribution is 7.90. The van der Waals surface area contributed by atoms with Gasteiger partial charge in [-0.3, -0.25) is 0 Å². The third-order valence-corrected chi connectivity index (χ3v) is 5.96. The van der Waals surface area contributed by atoms with Crippen molar-refractivity contribution in [3.63, 3.8) is 0 Å². The Morgan fingerprint density at radius 2 is 2.05 bits per heavy atom. The summed E-state index contributed by atoms with van der Waals surface area (Å²) < 4.78 is 22.1. The number of hydrogen-bond donors (Lipinski definition) is 1. The van der Waals surface area contributed by atoms with Gasteiger partial charge in [0.1, 0.15) is 9.84 Å². The summed E-state index contributed by atoms with van der Waals surface area (Å²) in [5, 5.41) is 10.2. The molecule has 0 aliphatic heterocycles. The standard InChI is InChI=1S/C14H22O3S2/c1-19(16,17)9-5-7-12(15)14-10-11-6-3-2-4-8-13(11)18-14/h10,12,15H,2-9H2,1H3. The van der Waals surface area contributed by atoms with Crippen molar-refractivity contribution in [1.82, 2.24) is 0 Å². The van der Waals surface area contributed by atoms with E-state index in [2.05, 4.69) is 6.07 Å². The number of rotatable bonds is 5. The second kappa shape index (κ2) is 6.37. The number of aliphatic hydroxyl groups is 1. The molecular formula is C14H22O3S2. The molecule has 3 nitrogen and oxygen atoms in total. The van der Waals surface area contributed by atoms with Crippen LogP contribution in [-0.2, 0) is 22.7 Å². The van der Waals surface area contributed by atoms with Crippen LogP contribution in [0.4, 0.5) is 0 Å². The van der Waals surface area contributed by atoms with Gasteiger partial charge in [-0.1, -0.05) is 6.42 Å². The third kappa shape index (κ3) is 4.58. The molecule has 0 fully saturated rings. The van der Waals surface area contributed by atoms with E-state index in [1.807, 2.05) is 0 Å². The maximum Gasteiger partial charge on any atom is 0.147 e. The summed E-state index contributed by atoms with van der Waals surface area (Å²) >= 11 is 1.72. The Morgan fingerprint density at radius 1 is 1.32 bits per heavy atom. The van der Waals surface area contributed by atoms with Crippen LogP contribution in [0.15, 0.2) is 6.07 Å². The first kappa shape index (κ1) is 15.0. The molecule has 1 aliphatic carbocycles. The smallest absolute Gasteiger partial charge is 0.147 e. The van der Waals surface area contributed by atoms with E-state index in [1.54, 1.807) is 11.3 Å². The van der Waals surface area contributed by atoms with E-state index in [1.165, 1.54) is 36.0 Å². The Morgan fingerprint density at radius 3 is 2.79 bits per heavy atom. The fourth-order valence-electron chi connectivity index (χ4n) is 2.54. The molecule has 5 heteroatoms. The maximum atomic E-state index is 11.1. The zero-order chi connectivity index (χ0) is 13.9. The lowest BCUT2D eigenvalue weighted by Gasteiger charge is -2.07. The Bertz CT molecular complexity index is 493. The molecule has 0 spiro atoms. The van der Waals surface area contributed by atoms with E-state index < -0.39 is 15.9 Å². The SMILES string of the molecule is CS(=O)(=O)CCCC(O)c1cc2c(s1)CCCCC2. The zero-order valence-corrected chi connectivity index (χ0v) is 13.0. The van der Waals surface area contributed by atoms with Crippen LogP contribution in [0.25, 0.3) is 0 Å². The molecule has 2 rings (SSSR count). The van der Waals surface area contributed by atoms with E-state index >= 15 is 0 Å². The monoisotopic (exact) mass is 302 g/mol. The van der Waals surface area contributed by atoms with Crippen molar-refractivity contribution < 1.29 is 13.5 Å². The van der Waals surface area contributed by atoms with Crippen molar-refractivity contribution in [3.8, 4) is 0 Å². The van der Waals surface area contributed by atoms with Gasteiger partial charge in [0.25, 0.3) is 0 Å². The molecular weight excluding hydrogens is 280 g/mol. The largest absolute Gasteiger partial charge is 0.388 e. The van der Waals surface area contributed by atoms with Crippen molar-refractivity contribution in [2.75, 3.05) is 12.0 Å². The van der Waals surface area contributed by atoms with Crippen molar-refractivity contribution >= 4 is 21.2 Å². The molecule has 1 aromatic heterocycles. The normalized spacial score (nSPS) is 17.8. The number of thiophene rings is 1. The summed E-state index contributed by atoms with van der Waals surface area (Å²) in [6.07, 6.45) is 7.86. The number of fused-ring (bicyclic) bond motifs is 1. The molecule has 0 saturated heterocycles. The van der Waals surface area contributed by atoms with Crippen LogP contribution in [-0.4, -0.2) is 25.5 Å². The maximum absolute atomic E-state index is 11.1. The fourth-order valence-corrected chi connectivity index (χ4v) is 4.50. The second-order valence-corrected chi connectivity index (χ2v) is 8.87. The first-order valence-electron chi connectivity index (χ1n) is 6.93. The van der Waals surface area contributed by atoms with Crippen LogP contribution in [0, 0.1) is 0 Å². The quantitative estimate of drug-likeness (QED) is 0.851. The van der Waals surface area contributed by atoms with Crippen molar-refractivity contribution in [1.29, 1.82) is 0 Å². The van der Waals surface area contributed by atoms with Crippen molar-refractivity contribution in [2.45, 2.75) is 51.0 Å². The fraction of sp³-hybridized carbons (Fsp3) is 0.714. The van der Waals surface area contributed by atoms with Gasteiger partial charge in [-0.25, -0.2) is 8.42 Å². The third-order valence-electron chi connectivity index (χ3n) is 3.59. The first-order valence-corrected chi connectivity index (χ1v) is 9.81. The van der Waals surface area contributed by atoms with E-state index in [4.69, 9.17) is 0 Å². The molecule has 1 aromatic rings. The lowest BCUT2D eigenvalue weighted by Crippen LogP contribution is -2.05. The zero-order valence-electron chi connectivity index (χ0n) is 11.4. The molecule has 0 aromatic carbocycles. The minimum absolute atomic E-state index is 0.162. The van der Waals surface area contributed by atoms with Gasteiger partial charge in [-0.15, -0.1) is 11.3 Å². The van der Waals surface area contributed by atoms with Crippen LogP contribution < -0.4 is 0 Å². The van der Waals surface area contributed by atoms with E-state index in [0.29, 0.717) is 12.8 Å². The molecule has 0 bridgehead atoms. The van der Waals surface area contributed by atoms with Gasteiger partial charge in [0.05, 0.1) is 6.10 Å². The van der Waals surface area contributed by atoms with Gasteiger partial charge in [0.15, 0.2) is 0 Å². The van der Waals surface area contributed by atoms with Crippen LogP contribution in [0.3, 0.4) is 0 Å². The molecule has 1 aliphatic rings. The molecule has 108 valence electrons. The molecule has 0 radical (unpaired) electrons. The van der Waals surface area contributed by atoms with Gasteiger partial charge in [0.2, 0.25) is 0 Å². The van der Waals surface area contributed by atoms with Gasteiger partial charge < -0.3 is 5.11 Å². The van der Waals surface area contributed by atoms with Crippen LogP contribution >= 0.6 is 11.3 Å². The molecule has 1 unspecified atom stereocenters. The lowest BCUT2D eigenvalue weighted by atomic mass is 10.1. The molecule has 1 heterocycles. The minimum atomic E-state index is -2.92. The van der Waals surface area contributed by atoms with E-state index in [0.717, 1.165) is 17.7 Å². The number of aliphatic hydroxyl groups excluding tert-OH is 1. The Hall–Kier alpha value is -0.390. The predicted octanol–water partition coefficient (Wildman–Crippen LogP) is 2.88. The molecule has 0 amide bonds. The van der Waals surface area contributed by atoms with Gasteiger partial charge in [0, 0.05) is 21.8 Å². The lowest BCUT2D eigenvalue weighted by molar-refractivity contribution is 0.170. The van der Waals surface area contributed by atoms with Crippen LogP contribution in [0.5, 0.6) is 0 Å². The Kier molecular flexibility index (Phi) is 5.03.